The lowest BCUT2D eigenvalue weighted by atomic mass is 10.0. The van der Waals surface area contributed by atoms with Gasteiger partial charge in [0.2, 0.25) is 0 Å². The Hall–Kier alpha value is -0.900. The number of morpholine rings is 1. The molecule has 1 fully saturated rings. The van der Waals surface area contributed by atoms with Crippen LogP contribution in [0.15, 0.2) is 30.3 Å². The Balaban J connectivity index is 1.76. The first-order valence-electron chi connectivity index (χ1n) is 7.93. The van der Waals surface area contributed by atoms with Crippen LogP contribution in [0.5, 0.6) is 0 Å². The Morgan fingerprint density at radius 3 is 2.80 bits per heavy atom. The summed E-state index contributed by atoms with van der Waals surface area (Å²) in [5, 5.41) is 3.68. The van der Waals surface area contributed by atoms with E-state index in [9.17, 15) is 0 Å². The molecule has 1 aromatic rings. The summed E-state index contributed by atoms with van der Waals surface area (Å²) in [6.07, 6.45) is 2.59. The molecule has 0 aliphatic carbocycles. The summed E-state index contributed by atoms with van der Waals surface area (Å²) in [4.78, 5) is 2.47. The molecule has 0 spiro atoms. The predicted molar refractivity (Wildman–Crippen MR) is 84.1 cm³/mol. The average molecular weight is 276 g/mol. The van der Waals surface area contributed by atoms with E-state index in [0.717, 1.165) is 45.6 Å². The topological polar surface area (TPSA) is 24.5 Å². The number of nitrogens with one attached hydrogen (secondary N) is 1. The zero-order chi connectivity index (χ0) is 14.2. The van der Waals surface area contributed by atoms with Crippen molar-refractivity contribution in [3.05, 3.63) is 35.9 Å². The highest BCUT2D eigenvalue weighted by atomic mass is 16.5. The Morgan fingerprint density at radius 2 is 2.10 bits per heavy atom. The fraction of sp³-hybridized carbons (Fsp3) is 0.647. The molecule has 3 nitrogen and oxygen atoms in total. The normalized spacial score (nSPS) is 21.8. The summed E-state index contributed by atoms with van der Waals surface area (Å²) >= 11 is 0. The number of benzene rings is 1. The number of likely N-dealkylation sites (N-methyl/N-ethyl adjacent to an activating group) is 1. The zero-order valence-corrected chi connectivity index (χ0v) is 12.8. The standard InChI is InChI=1S/C17H28N2O/c1-3-16(12-15-8-6-5-7-9-15)18-13-17-14-19(4-2)10-11-20-17/h5-9,16-18H,3-4,10-14H2,1-2H3. The number of rotatable bonds is 7. The van der Waals surface area contributed by atoms with Gasteiger partial charge in [0, 0.05) is 25.7 Å². The Labute approximate surface area is 123 Å². The quantitative estimate of drug-likeness (QED) is 0.827. The van der Waals surface area contributed by atoms with Crippen LogP contribution in [0, 0.1) is 0 Å². The molecule has 3 heteroatoms. The van der Waals surface area contributed by atoms with Crippen LogP contribution in [-0.2, 0) is 11.2 Å². The van der Waals surface area contributed by atoms with Crippen LogP contribution in [0.1, 0.15) is 25.8 Å². The molecule has 1 aliphatic rings. The highest BCUT2D eigenvalue weighted by Gasteiger charge is 2.19. The third-order valence-corrected chi connectivity index (χ3v) is 4.12. The molecule has 2 rings (SSSR count). The molecule has 0 bridgehead atoms. The van der Waals surface area contributed by atoms with E-state index in [1.165, 1.54) is 5.56 Å². The molecule has 20 heavy (non-hydrogen) atoms. The van der Waals surface area contributed by atoms with Gasteiger partial charge in [-0.15, -0.1) is 0 Å². The van der Waals surface area contributed by atoms with Crippen molar-refractivity contribution in [3.63, 3.8) is 0 Å². The molecule has 1 aromatic carbocycles. The third-order valence-electron chi connectivity index (χ3n) is 4.12. The summed E-state index contributed by atoms with van der Waals surface area (Å²) in [5.41, 5.74) is 1.41. The SMILES string of the molecule is CCC(Cc1ccccc1)NCC1CN(CC)CCO1. The average Bonchev–Trinajstić information content (AvgIpc) is 2.52. The van der Waals surface area contributed by atoms with Crippen molar-refractivity contribution >= 4 is 0 Å². The number of hydrogen-bond acceptors (Lipinski definition) is 3. The molecular formula is C17H28N2O. The number of hydrogen-bond donors (Lipinski definition) is 1. The first-order valence-corrected chi connectivity index (χ1v) is 7.93. The van der Waals surface area contributed by atoms with E-state index in [1.54, 1.807) is 0 Å². The van der Waals surface area contributed by atoms with Crippen LogP contribution in [-0.4, -0.2) is 49.8 Å². The van der Waals surface area contributed by atoms with Crippen LogP contribution >= 0.6 is 0 Å². The van der Waals surface area contributed by atoms with E-state index in [2.05, 4.69) is 54.4 Å². The Kier molecular flexibility index (Phi) is 6.51. The molecule has 0 amide bonds. The van der Waals surface area contributed by atoms with Crippen LogP contribution in [0.3, 0.4) is 0 Å². The number of ether oxygens (including phenoxy) is 1. The summed E-state index contributed by atoms with van der Waals surface area (Å²) in [5.74, 6) is 0. The number of nitrogens with zero attached hydrogens (tertiary/aromatic N) is 1. The van der Waals surface area contributed by atoms with Crippen molar-refractivity contribution < 1.29 is 4.74 Å². The minimum Gasteiger partial charge on any atom is -0.374 e. The molecule has 1 N–H and O–H groups in total. The maximum atomic E-state index is 5.85. The van der Waals surface area contributed by atoms with Gasteiger partial charge in [-0.25, -0.2) is 0 Å². The van der Waals surface area contributed by atoms with Gasteiger partial charge in [0.15, 0.2) is 0 Å². The molecule has 112 valence electrons. The van der Waals surface area contributed by atoms with E-state index >= 15 is 0 Å². The van der Waals surface area contributed by atoms with Gasteiger partial charge in [0.1, 0.15) is 0 Å². The van der Waals surface area contributed by atoms with Gasteiger partial charge in [-0.1, -0.05) is 44.2 Å². The largest absolute Gasteiger partial charge is 0.374 e. The summed E-state index contributed by atoms with van der Waals surface area (Å²) < 4.78 is 5.85. The second-order valence-electron chi connectivity index (χ2n) is 5.59. The Bertz CT molecular complexity index is 369. The van der Waals surface area contributed by atoms with Crippen molar-refractivity contribution in [2.45, 2.75) is 38.8 Å². The van der Waals surface area contributed by atoms with Crippen molar-refractivity contribution in [3.8, 4) is 0 Å². The minimum atomic E-state index is 0.341. The molecule has 1 heterocycles. The van der Waals surface area contributed by atoms with Crippen molar-refractivity contribution in [1.29, 1.82) is 0 Å². The molecule has 2 unspecified atom stereocenters. The Morgan fingerprint density at radius 1 is 1.30 bits per heavy atom. The van der Waals surface area contributed by atoms with Gasteiger partial charge >= 0.3 is 0 Å². The summed E-state index contributed by atoms with van der Waals surface area (Å²) in [6, 6.07) is 11.3. The molecule has 2 atom stereocenters. The van der Waals surface area contributed by atoms with Gasteiger partial charge in [0.25, 0.3) is 0 Å². The highest BCUT2D eigenvalue weighted by Crippen LogP contribution is 2.08. The predicted octanol–water partition coefficient (Wildman–Crippen LogP) is 2.32. The summed E-state index contributed by atoms with van der Waals surface area (Å²) in [7, 11) is 0. The zero-order valence-electron chi connectivity index (χ0n) is 12.8. The monoisotopic (exact) mass is 276 g/mol. The van der Waals surface area contributed by atoms with Crippen molar-refractivity contribution in [2.24, 2.45) is 0 Å². The van der Waals surface area contributed by atoms with Crippen molar-refractivity contribution in [1.82, 2.24) is 10.2 Å². The van der Waals surface area contributed by atoms with E-state index in [-0.39, 0.29) is 0 Å². The van der Waals surface area contributed by atoms with Crippen LogP contribution in [0.2, 0.25) is 0 Å². The van der Waals surface area contributed by atoms with E-state index in [4.69, 9.17) is 4.74 Å². The minimum absolute atomic E-state index is 0.341. The van der Waals surface area contributed by atoms with Gasteiger partial charge in [-0.3, -0.25) is 4.90 Å². The van der Waals surface area contributed by atoms with Crippen molar-refractivity contribution in [2.75, 3.05) is 32.8 Å². The molecule has 1 aliphatic heterocycles. The van der Waals surface area contributed by atoms with Crippen LogP contribution in [0.25, 0.3) is 0 Å². The highest BCUT2D eigenvalue weighted by molar-refractivity contribution is 5.15. The van der Waals surface area contributed by atoms with Crippen LogP contribution < -0.4 is 5.32 Å². The van der Waals surface area contributed by atoms with Gasteiger partial charge < -0.3 is 10.1 Å². The summed E-state index contributed by atoms with van der Waals surface area (Å²) in [6.45, 7) is 9.57. The first kappa shape index (κ1) is 15.5. The lowest BCUT2D eigenvalue weighted by Gasteiger charge is -2.33. The lowest BCUT2D eigenvalue weighted by Crippen LogP contribution is -2.48. The second-order valence-corrected chi connectivity index (χ2v) is 5.59. The molecule has 0 radical (unpaired) electrons. The van der Waals surface area contributed by atoms with E-state index < -0.39 is 0 Å². The van der Waals surface area contributed by atoms with Gasteiger partial charge in [0.05, 0.1) is 12.7 Å². The lowest BCUT2D eigenvalue weighted by molar-refractivity contribution is -0.0264. The van der Waals surface area contributed by atoms with Gasteiger partial charge in [-0.05, 0) is 24.9 Å². The molecule has 0 aromatic heterocycles. The molecular weight excluding hydrogens is 248 g/mol. The molecule has 1 saturated heterocycles. The van der Waals surface area contributed by atoms with E-state index in [1.807, 2.05) is 0 Å². The smallest absolute Gasteiger partial charge is 0.0826 e. The van der Waals surface area contributed by atoms with E-state index in [0.29, 0.717) is 12.1 Å². The maximum absolute atomic E-state index is 5.85. The third kappa shape index (κ3) is 4.89. The fourth-order valence-electron chi connectivity index (χ4n) is 2.75. The second kappa shape index (κ2) is 8.40. The van der Waals surface area contributed by atoms with Gasteiger partial charge in [-0.2, -0.15) is 0 Å². The van der Waals surface area contributed by atoms with Crippen LogP contribution in [0.4, 0.5) is 0 Å². The fourth-order valence-corrected chi connectivity index (χ4v) is 2.75. The first-order chi connectivity index (χ1) is 9.81. The molecule has 0 saturated carbocycles. The maximum Gasteiger partial charge on any atom is 0.0826 e.